The van der Waals surface area contributed by atoms with E-state index in [0.717, 1.165) is 30.3 Å². The van der Waals surface area contributed by atoms with Crippen LogP contribution in [0.2, 0.25) is 5.02 Å². The summed E-state index contributed by atoms with van der Waals surface area (Å²) in [6, 6.07) is 7.25. The van der Waals surface area contributed by atoms with Gasteiger partial charge in [0, 0.05) is 19.0 Å². The Morgan fingerprint density at radius 2 is 1.81 bits per heavy atom. The molecular weight excluding hydrogens is 472 g/mol. The Morgan fingerprint density at radius 1 is 1.16 bits per heavy atom. The van der Waals surface area contributed by atoms with Gasteiger partial charge < -0.3 is 5.32 Å². The molecule has 32 heavy (non-hydrogen) atoms. The highest BCUT2D eigenvalue weighted by atomic mass is 35.5. The lowest BCUT2D eigenvalue weighted by Gasteiger charge is -2.31. The number of amides is 1. The van der Waals surface area contributed by atoms with Crippen LogP contribution in [0.5, 0.6) is 0 Å². The fourth-order valence-electron chi connectivity index (χ4n) is 3.54. The lowest BCUT2D eigenvalue weighted by Crippen LogP contribution is -2.43. The summed E-state index contributed by atoms with van der Waals surface area (Å²) in [5.74, 6) is -1.56. The van der Waals surface area contributed by atoms with Crippen molar-refractivity contribution in [1.29, 1.82) is 0 Å². The van der Waals surface area contributed by atoms with Gasteiger partial charge in [-0.15, -0.1) is 0 Å². The molecule has 0 saturated carbocycles. The van der Waals surface area contributed by atoms with Crippen molar-refractivity contribution >= 4 is 27.5 Å². The first-order chi connectivity index (χ1) is 14.9. The highest BCUT2D eigenvalue weighted by Crippen LogP contribution is 2.31. The zero-order chi connectivity index (χ0) is 23.7. The highest BCUT2D eigenvalue weighted by molar-refractivity contribution is 7.89. The molecule has 1 amide bonds. The topological polar surface area (TPSA) is 66.5 Å². The van der Waals surface area contributed by atoms with Crippen LogP contribution in [0.3, 0.4) is 0 Å². The molecule has 1 heterocycles. The molecule has 1 N–H and O–H groups in total. The molecule has 1 fully saturated rings. The van der Waals surface area contributed by atoms with Gasteiger partial charge >= 0.3 is 6.18 Å². The maximum atomic E-state index is 13.3. The van der Waals surface area contributed by atoms with E-state index in [-0.39, 0.29) is 41.8 Å². The second kappa shape index (κ2) is 9.36. The van der Waals surface area contributed by atoms with Crippen LogP contribution in [0.1, 0.15) is 36.9 Å². The van der Waals surface area contributed by atoms with Crippen molar-refractivity contribution in [3.63, 3.8) is 0 Å². The van der Waals surface area contributed by atoms with Gasteiger partial charge in [0.15, 0.2) is 0 Å². The maximum absolute atomic E-state index is 13.3. The van der Waals surface area contributed by atoms with E-state index in [1.807, 2.05) is 0 Å². The summed E-state index contributed by atoms with van der Waals surface area (Å²) in [4.78, 5) is 12.5. The number of sulfonamides is 1. The number of piperidine rings is 1. The number of benzene rings is 2. The monoisotopic (exact) mass is 492 g/mol. The molecular formula is C21H21ClF4N2O3S. The van der Waals surface area contributed by atoms with Crippen LogP contribution >= 0.6 is 11.6 Å². The van der Waals surface area contributed by atoms with Gasteiger partial charge in [0.2, 0.25) is 15.9 Å². The van der Waals surface area contributed by atoms with E-state index in [1.54, 1.807) is 6.92 Å². The van der Waals surface area contributed by atoms with Gasteiger partial charge in [0.1, 0.15) is 5.82 Å². The van der Waals surface area contributed by atoms with Gasteiger partial charge in [-0.3, -0.25) is 4.79 Å². The van der Waals surface area contributed by atoms with Crippen LogP contribution in [0.25, 0.3) is 0 Å². The molecule has 1 saturated heterocycles. The highest BCUT2D eigenvalue weighted by Gasteiger charge is 2.33. The summed E-state index contributed by atoms with van der Waals surface area (Å²) in [5, 5.41) is 2.41. The molecule has 11 heteroatoms. The summed E-state index contributed by atoms with van der Waals surface area (Å²) in [6.07, 6.45) is -3.99. The Labute approximate surface area is 188 Å². The molecule has 0 spiro atoms. The maximum Gasteiger partial charge on any atom is 0.416 e. The second-order valence-electron chi connectivity index (χ2n) is 7.61. The SMILES string of the molecule is CC(NC(=O)C1CCN(S(=O)(=O)c2ccc(F)c(Cl)c2)CC1)c1cccc(C(F)(F)F)c1. The van der Waals surface area contributed by atoms with Crippen LogP contribution in [0.4, 0.5) is 17.6 Å². The lowest BCUT2D eigenvalue weighted by atomic mass is 9.96. The zero-order valence-corrected chi connectivity index (χ0v) is 18.6. The largest absolute Gasteiger partial charge is 0.416 e. The van der Waals surface area contributed by atoms with E-state index in [0.29, 0.717) is 5.56 Å². The fourth-order valence-corrected chi connectivity index (χ4v) is 5.29. The van der Waals surface area contributed by atoms with E-state index in [4.69, 9.17) is 11.6 Å². The minimum absolute atomic E-state index is 0.0767. The van der Waals surface area contributed by atoms with E-state index >= 15 is 0 Å². The molecule has 0 aromatic heterocycles. The average molecular weight is 493 g/mol. The Hall–Kier alpha value is -2.17. The lowest BCUT2D eigenvalue weighted by molar-refractivity contribution is -0.137. The first kappa shape index (κ1) is 24.5. The molecule has 1 atom stereocenters. The number of carbonyl (C=O) groups excluding carboxylic acids is 1. The van der Waals surface area contributed by atoms with E-state index in [2.05, 4.69) is 5.32 Å². The molecule has 2 aromatic rings. The molecule has 1 aliphatic rings. The third kappa shape index (κ3) is 5.41. The normalized spacial score (nSPS) is 17.2. The minimum Gasteiger partial charge on any atom is -0.349 e. The molecule has 2 aromatic carbocycles. The Balaban J connectivity index is 1.61. The number of hydrogen-bond donors (Lipinski definition) is 1. The first-order valence-corrected chi connectivity index (χ1v) is 11.6. The third-order valence-corrected chi connectivity index (χ3v) is 7.61. The molecule has 3 rings (SSSR count). The first-order valence-electron chi connectivity index (χ1n) is 9.82. The van der Waals surface area contributed by atoms with Crippen molar-refractivity contribution < 1.29 is 30.8 Å². The second-order valence-corrected chi connectivity index (χ2v) is 9.95. The fraction of sp³-hybridized carbons (Fsp3) is 0.381. The standard InChI is InChI=1S/C21H21ClF4N2O3S/c1-13(15-3-2-4-16(11-15)21(24,25)26)27-20(29)14-7-9-28(10-8-14)32(30,31)17-5-6-19(23)18(22)12-17/h2-6,11-14H,7-10H2,1H3,(H,27,29). The number of hydrogen-bond acceptors (Lipinski definition) is 3. The smallest absolute Gasteiger partial charge is 0.349 e. The van der Waals surface area contributed by atoms with Gasteiger partial charge in [-0.1, -0.05) is 23.7 Å². The molecule has 174 valence electrons. The van der Waals surface area contributed by atoms with Gasteiger partial charge in [0.25, 0.3) is 0 Å². The van der Waals surface area contributed by atoms with Gasteiger partial charge in [-0.25, -0.2) is 12.8 Å². The average Bonchev–Trinajstić information content (AvgIpc) is 2.75. The number of rotatable bonds is 5. The summed E-state index contributed by atoms with van der Waals surface area (Å²) in [5.41, 5.74) is -0.475. The molecule has 0 radical (unpaired) electrons. The summed E-state index contributed by atoms with van der Waals surface area (Å²) < 4.78 is 78.8. The van der Waals surface area contributed by atoms with Gasteiger partial charge in [-0.05, 0) is 55.7 Å². The number of halogens is 5. The summed E-state index contributed by atoms with van der Waals surface area (Å²) >= 11 is 5.68. The molecule has 0 bridgehead atoms. The Morgan fingerprint density at radius 3 is 2.41 bits per heavy atom. The summed E-state index contributed by atoms with van der Waals surface area (Å²) in [7, 11) is -3.89. The third-order valence-electron chi connectivity index (χ3n) is 5.43. The van der Waals surface area contributed by atoms with E-state index in [1.165, 1.54) is 16.4 Å². The molecule has 1 aliphatic heterocycles. The zero-order valence-electron chi connectivity index (χ0n) is 17.0. The number of nitrogens with zero attached hydrogens (tertiary/aromatic N) is 1. The van der Waals surface area contributed by atoms with Gasteiger partial charge in [0.05, 0.1) is 21.5 Å². The summed E-state index contributed by atoms with van der Waals surface area (Å²) in [6.45, 7) is 1.74. The van der Waals surface area contributed by atoms with Crippen molar-refractivity contribution in [2.75, 3.05) is 13.1 Å². The number of carbonyl (C=O) groups is 1. The van der Waals surface area contributed by atoms with Crippen LogP contribution in [0, 0.1) is 11.7 Å². The van der Waals surface area contributed by atoms with Crippen LogP contribution in [0.15, 0.2) is 47.4 Å². The van der Waals surface area contributed by atoms with E-state index in [9.17, 15) is 30.8 Å². The van der Waals surface area contributed by atoms with Gasteiger partial charge in [-0.2, -0.15) is 17.5 Å². The Kier molecular flexibility index (Phi) is 7.16. The predicted molar refractivity (Wildman–Crippen MR) is 111 cm³/mol. The molecule has 1 unspecified atom stereocenters. The number of nitrogens with one attached hydrogen (secondary N) is 1. The molecule has 5 nitrogen and oxygen atoms in total. The van der Waals surface area contributed by atoms with Crippen molar-refractivity contribution in [1.82, 2.24) is 9.62 Å². The van der Waals surface area contributed by atoms with Crippen molar-refractivity contribution in [2.24, 2.45) is 5.92 Å². The number of alkyl halides is 3. The van der Waals surface area contributed by atoms with Crippen LogP contribution in [-0.2, 0) is 21.0 Å². The van der Waals surface area contributed by atoms with Crippen molar-refractivity contribution in [3.05, 3.63) is 64.4 Å². The Bertz CT molecular complexity index is 1100. The quantitative estimate of drug-likeness (QED) is 0.611. The predicted octanol–water partition coefficient (Wildman–Crippen LogP) is 4.78. The minimum atomic E-state index is -4.48. The molecule has 0 aliphatic carbocycles. The van der Waals surface area contributed by atoms with Crippen molar-refractivity contribution in [3.8, 4) is 0 Å². The van der Waals surface area contributed by atoms with Crippen molar-refractivity contribution in [2.45, 2.75) is 36.9 Å². The van der Waals surface area contributed by atoms with Crippen LogP contribution in [-0.4, -0.2) is 31.7 Å². The van der Waals surface area contributed by atoms with E-state index < -0.39 is 39.5 Å². The van der Waals surface area contributed by atoms with Crippen LogP contribution < -0.4 is 5.32 Å².